The first-order valence-electron chi connectivity index (χ1n) is 7.33. The van der Waals surface area contributed by atoms with Gasteiger partial charge in [0.25, 0.3) is 0 Å². The average Bonchev–Trinajstić information content (AvgIpc) is 2.81. The molecule has 3 unspecified atom stereocenters. The van der Waals surface area contributed by atoms with Gasteiger partial charge in [-0.05, 0) is 49.8 Å². The van der Waals surface area contributed by atoms with E-state index in [-0.39, 0.29) is 0 Å². The van der Waals surface area contributed by atoms with Crippen molar-refractivity contribution in [1.82, 2.24) is 5.32 Å². The summed E-state index contributed by atoms with van der Waals surface area (Å²) in [6.07, 6.45) is 6.75. The van der Waals surface area contributed by atoms with Gasteiger partial charge in [0, 0.05) is 16.2 Å². The Balaban J connectivity index is 1.56. The molecule has 0 spiro atoms. The predicted molar refractivity (Wildman–Crippen MR) is 79.2 cm³/mol. The molecule has 1 fully saturated rings. The fourth-order valence-corrected chi connectivity index (χ4v) is 4.76. The second-order valence-electron chi connectivity index (χ2n) is 5.74. The highest BCUT2D eigenvalue weighted by molar-refractivity contribution is 8.00. The van der Waals surface area contributed by atoms with E-state index in [1.165, 1.54) is 43.5 Å². The topological polar surface area (TPSA) is 12.0 Å². The molecule has 1 aromatic carbocycles. The summed E-state index contributed by atoms with van der Waals surface area (Å²) in [5.74, 6) is 0.963. The minimum atomic E-state index is 0.760. The Labute approximate surface area is 115 Å². The summed E-state index contributed by atoms with van der Waals surface area (Å²) in [6, 6.07) is 9.68. The van der Waals surface area contributed by atoms with Gasteiger partial charge in [-0.3, -0.25) is 0 Å². The number of hydrogen-bond acceptors (Lipinski definition) is 2. The third-order valence-corrected chi connectivity index (χ3v) is 5.79. The molecule has 98 valence electrons. The molecule has 2 aliphatic rings. The fourth-order valence-electron chi connectivity index (χ4n) is 3.35. The molecule has 2 aliphatic heterocycles. The van der Waals surface area contributed by atoms with Crippen molar-refractivity contribution in [2.45, 2.75) is 55.2 Å². The predicted octanol–water partition coefficient (Wildman–Crippen LogP) is 3.87. The minimum absolute atomic E-state index is 0.760. The third kappa shape index (κ3) is 2.75. The third-order valence-electron chi connectivity index (χ3n) is 4.44. The SMILES string of the molecule is CCC1CCNC(CC2Cc3ccccc3S2)C1. The van der Waals surface area contributed by atoms with Crippen LogP contribution in [0.1, 0.15) is 38.2 Å². The lowest BCUT2D eigenvalue weighted by Gasteiger charge is -2.31. The van der Waals surface area contributed by atoms with Crippen molar-refractivity contribution in [3.63, 3.8) is 0 Å². The maximum atomic E-state index is 3.72. The van der Waals surface area contributed by atoms with Gasteiger partial charge in [-0.15, -0.1) is 11.8 Å². The first kappa shape index (κ1) is 12.6. The Hall–Kier alpha value is -0.470. The van der Waals surface area contributed by atoms with Crippen LogP contribution in [0.25, 0.3) is 0 Å². The summed E-state index contributed by atoms with van der Waals surface area (Å²) in [5, 5.41) is 4.53. The number of piperidine rings is 1. The Morgan fingerprint density at radius 3 is 3.06 bits per heavy atom. The van der Waals surface area contributed by atoms with Crippen LogP contribution in [0.3, 0.4) is 0 Å². The molecule has 1 nitrogen and oxygen atoms in total. The average molecular weight is 261 g/mol. The van der Waals surface area contributed by atoms with Crippen molar-refractivity contribution in [1.29, 1.82) is 0 Å². The van der Waals surface area contributed by atoms with Gasteiger partial charge < -0.3 is 5.32 Å². The summed E-state index contributed by atoms with van der Waals surface area (Å²) >= 11 is 2.10. The van der Waals surface area contributed by atoms with E-state index < -0.39 is 0 Å². The molecule has 0 radical (unpaired) electrons. The lowest BCUT2D eigenvalue weighted by Crippen LogP contribution is -2.39. The number of hydrogen-bond donors (Lipinski definition) is 1. The van der Waals surface area contributed by atoms with Crippen molar-refractivity contribution in [2.24, 2.45) is 5.92 Å². The van der Waals surface area contributed by atoms with Crippen molar-refractivity contribution in [3.8, 4) is 0 Å². The molecule has 1 N–H and O–H groups in total. The van der Waals surface area contributed by atoms with Gasteiger partial charge in [-0.2, -0.15) is 0 Å². The maximum Gasteiger partial charge on any atom is 0.0150 e. The van der Waals surface area contributed by atoms with E-state index in [1.54, 1.807) is 5.56 Å². The zero-order chi connectivity index (χ0) is 12.4. The normalized spacial score (nSPS) is 31.3. The van der Waals surface area contributed by atoms with E-state index in [0.29, 0.717) is 0 Å². The van der Waals surface area contributed by atoms with Crippen molar-refractivity contribution in [3.05, 3.63) is 29.8 Å². The number of benzene rings is 1. The van der Waals surface area contributed by atoms with E-state index in [2.05, 4.69) is 48.3 Å². The first-order valence-corrected chi connectivity index (χ1v) is 8.21. The molecule has 0 aromatic heterocycles. The number of nitrogens with one attached hydrogen (secondary N) is 1. The van der Waals surface area contributed by atoms with Crippen molar-refractivity contribution >= 4 is 11.8 Å². The first-order chi connectivity index (χ1) is 8.85. The molecule has 18 heavy (non-hydrogen) atoms. The Kier molecular flexibility index (Phi) is 3.95. The Morgan fingerprint density at radius 2 is 2.22 bits per heavy atom. The van der Waals surface area contributed by atoms with Gasteiger partial charge in [0.15, 0.2) is 0 Å². The highest BCUT2D eigenvalue weighted by Crippen LogP contribution is 2.39. The standard InChI is InChI=1S/C16H23NS/c1-2-12-7-8-17-14(9-12)11-15-10-13-5-3-4-6-16(13)18-15/h3-6,12,14-15,17H,2,7-11H2,1H3. The summed E-state index contributed by atoms with van der Waals surface area (Å²) in [4.78, 5) is 1.52. The molecule has 0 saturated carbocycles. The molecule has 2 heterocycles. The summed E-state index contributed by atoms with van der Waals surface area (Å²) < 4.78 is 0. The van der Waals surface area contributed by atoms with Crippen LogP contribution in [0.5, 0.6) is 0 Å². The van der Waals surface area contributed by atoms with Crippen LogP contribution >= 0.6 is 11.8 Å². The van der Waals surface area contributed by atoms with Gasteiger partial charge in [-0.25, -0.2) is 0 Å². The van der Waals surface area contributed by atoms with Crippen LogP contribution in [0.2, 0.25) is 0 Å². The smallest absolute Gasteiger partial charge is 0.0150 e. The van der Waals surface area contributed by atoms with E-state index in [1.807, 2.05) is 0 Å². The Morgan fingerprint density at radius 1 is 1.33 bits per heavy atom. The van der Waals surface area contributed by atoms with Gasteiger partial charge in [0.2, 0.25) is 0 Å². The summed E-state index contributed by atoms with van der Waals surface area (Å²) in [6.45, 7) is 3.57. The molecule has 1 aromatic rings. The van der Waals surface area contributed by atoms with E-state index >= 15 is 0 Å². The van der Waals surface area contributed by atoms with Crippen LogP contribution in [-0.2, 0) is 6.42 Å². The second-order valence-corrected chi connectivity index (χ2v) is 7.08. The number of thioether (sulfide) groups is 1. The van der Waals surface area contributed by atoms with Gasteiger partial charge in [-0.1, -0.05) is 31.5 Å². The summed E-state index contributed by atoms with van der Waals surface area (Å²) in [5.41, 5.74) is 1.57. The monoisotopic (exact) mass is 261 g/mol. The van der Waals surface area contributed by atoms with E-state index in [9.17, 15) is 0 Å². The molecule has 3 atom stereocenters. The zero-order valence-electron chi connectivity index (χ0n) is 11.2. The summed E-state index contributed by atoms with van der Waals surface area (Å²) in [7, 11) is 0. The quantitative estimate of drug-likeness (QED) is 0.886. The molecule has 2 heteroatoms. The van der Waals surface area contributed by atoms with Gasteiger partial charge in [0.05, 0.1) is 0 Å². The molecular formula is C16H23NS. The lowest BCUT2D eigenvalue weighted by atomic mass is 9.88. The highest BCUT2D eigenvalue weighted by Gasteiger charge is 2.27. The molecule has 1 saturated heterocycles. The van der Waals surface area contributed by atoms with Crippen LogP contribution in [-0.4, -0.2) is 17.8 Å². The maximum absolute atomic E-state index is 3.72. The van der Waals surface area contributed by atoms with Gasteiger partial charge >= 0.3 is 0 Å². The number of fused-ring (bicyclic) bond motifs is 1. The fraction of sp³-hybridized carbons (Fsp3) is 0.625. The minimum Gasteiger partial charge on any atom is -0.314 e. The zero-order valence-corrected chi connectivity index (χ0v) is 12.0. The Bertz CT molecular complexity index is 379. The molecule has 3 rings (SSSR count). The van der Waals surface area contributed by atoms with Crippen LogP contribution in [0, 0.1) is 5.92 Å². The largest absolute Gasteiger partial charge is 0.314 e. The highest BCUT2D eigenvalue weighted by atomic mass is 32.2. The number of rotatable bonds is 3. The van der Waals surface area contributed by atoms with E-state index in [4.69, 9.17) is 0 Å². The van der Waals surface area contributed by atoms with Crippen LogP contribution in [0.15, 0.2) is 29.2 Å². The van der Waals surface area contributed by atoms with Crippen molar-refractivity contribution in [2.75, 3.05) is 6.54 Å². The lowest BCUT2D eigenvalue weighted by molar-refractivity contribution is 0.284. The molecule has 0 amide bonds. The molecule has 0 bridgehead atoms. The second kappa shape index (κ2) is 5.66. The van der Waals surface area contributed by atoms with E-state index in [0.717, 1.165) is 17.2 Å². The van der Waals surface area contributed by atoms with Crippen molar-refractivity contribution < 1.29 is 0 Å². The van der Waals surface area contributed by atoms with Crippen LogP contribution in [0.4, 0.5) is 0 Å². The molecule has 0 aliphatic carbocycles. The van der Waals surface area contributed by atoms with Gasteiger partial charge in [0.1, 0.15) is 0 Å². The molecular weight excluding hydrogens is 238 g/mol. The van der Waals surface area contributed by atoms with Crippen LogP contribution < -0.4 is 5.32 Å².